The number of aryl methyl sites for hydroxylation is 3. The van der Waals surface area contributed by atoms with Gasteiger partial charge in [0.05, 0.1) is 24.2 Å². The van der Waals surface area contributed by atoms with Crippen LogP contribution in [0.5, 0.6) is 11.5 Å². The molecular formula is C23H30N2O5S. The second kappa shape index (κ2) is 9.70. The summed E-state index contributed by atoms with van der Waals surface area (Å²) in [6, 6.07) is 9.04. The summed E-state index contributed by atoms with van der Waals surface area (Å²) in [5.41, 5.74) is 3.29. The first-order chi connectivity index (χ1) is 14.7. The Kier molecular flexibility index (Phi) is 7.23. The Hall–Kier alpha value is -2.58. The van der Waals surface area contributed by atoms with Gasteiger partial charge >= 0.3 is 0 Å². The molecule has 0 bridgehead atoms. The van der Waals surface area contributed by atoms with Gasteiger partial charge in [0, 0.05) is 19.4 Å². The zero-order valence-electron chi connectivity index (χ0n) is 18.4. The molecule has 2 aromatic rings. The van der Waals surface area contributed by atoms with E-state index in [2.05, 4.69) is 10.0 Å². The van der Waals surface area contributed by atoms with Crippen LogP contribution in [0.3, 0.4) is 0 Å². The van der Waals surface area contributed by atoms with Crippen molar-refractivity contribution in [3.05, 3.63) is 52.6 Å². The van der Waals surface area contributed by atoms with Gasteiger partial charge in [0.25, 0.3) is 0 Å². The number of hydrogen-bond donors (Lipinski definition) is 2. The van der Waals surface area contributed by atoms with E-state index in [-0.39, 0.29) is 29.8 Å². The molecule has 0 fully saturated rings. The maximum absolute atomic E-state index is 12.7. The number of rotatable bonds is 7. The fraction of sp³-hybridized carbons (Fsp3) is 0.435. The predicted octanol–water partition coefficient (Wildman–Crippen LogP) is 3.32. The van der Waals surface area contributed by atoms with Crippen molar-refractivity contribution in [1.29, 1.82) is 0 Å². The number of hydrogen-bond acceptors (Lipinski definition) is 5. The van der Waals surface area contributed by atoms with Crippen LogP contribution in [0, 0.1) is 20.8 Å². The van der Waals surface area contributed by atoms with Crippen molar-refractivity contribution < 1.29 is 22.7 Å². The number of carbonyl (C=O) groups excluding carboxylic acids is 1. The Labute approximate surface area is 184 Å². The Morgan fingerprint density at radius 1 is 1.03 bits per heavy atom. The summed E-state index contributed by atoms with van der Waals surface area (Å²) < 4.78 is 39.3. The first kappa shape index (κ1) is 23.1. The van der Waals surface area contributed by atoms with Crippen molar-refractivity contribution in [2.75, 3.05) is 19.8 Å². The summed E-state index contributed by atoms with van der Waals surface area (Å²) >= 11 is 0. The molecule has 0 spiro atoms. The molecule has 1 heterocycles. The lowest BCUT2D eigenvalue weighted by atomic mass is 10.1. The van der Waals surface area contributed by atoms with Gasteiger partial charge in [-0.2, -0.15) is 0 Å². The van der Waals surface area contributed by atoms with Gasteiger partial charge in [0.2, 0.25) is 15.9 Å². The Bertz CT molecular complexity index is 1040. The highest BCUT2D eigenvalue weighted by atomic mass is 32.2. The number of carbonyl (C=O) groups is 1. The minimum atomic E-state index is -3.69. The summed E-state index contributed by atoms with van der Waals surface area (Å²) in [6.45, 7) is 8.59. The number of benzene rings is 2. The average molecular weight is 447 g/mol. The molecule has 0 aliphatic carbocycles. The van der Waals surface area contributed by atoms with Crippen molar-refractivity contribution in [1.82, 2.24) is 10.0 Å². The Morgan fingerprint density at radius 2 is 1.68 bits per heavy atom. The van der Waals surface area contributed by atoms with Gasteiger partial charge in [0.15, 0.2) is 11.5 Å². The molecule has 1 amide bonds. The van der Waals surface area contributed by atoms with Crippen LogP contribution in [0.1, 0.15) is 48.1 Å². The van der Waals surface area contributed by atoms with E-state index in [0.29, 0.717) is 35.8 Å². The third-order valence-electron chi connectivity index (χ3n) is 5.17. The van der Waals surface area contributed by atoms with Crippen LogP contribution in [0.4, 0.5) is 0 Å². The van der Waals surface area contributed by atoms with Crippen LogP contribution in [-0.2, 0) is 14.8 Å². The molecule has 8 heteroatoms. The lowest BCUT2D eigenvalue weighted by Crippen LogP contribution is -2.32. The van der Waals surface area contributed by atoms with Crippen LogP contribution in [0.15, 0.2) is 35.2 Å². The van der Waals surface area contributed by atoms with Crippen molar-refractivity contribution in [2.45, 2.75) is 51.5 Å². The molecule has 0 radical (unpaired) electrons. The van der Waals surface area contributed by atoms with E-state index in [1.807, 2.05) is 44.2 Å². The van der Waals surface area contributed by atoms with Gasteiger partial charge < -0.3 is 14.8 Å². The molecule has 1 aliphatic heterocycles. The second-order valence-corrected chi connectivity index (χ2v) is 9.63. The topological polar surface area (TPSA) is 93.7 Å². The van der Waals surface area contributed by atoms with Gasteiger partial charge in [-0.3, -0.25) is 4.79 Å². The van der Waals surface area contributed by atoms with Crippen molar-refractivity contribution in [3.8, 4) is 11.5 Å². The molecule has 2 aromatic carbocycles. The third kappa shape index (κ3) is 5.77. The van der Waals surface area contributed by atoms with E-state index in [9.17, 15) is 13.2 Å². The maximum Gasteiger partial charge on any atom is 0.241 e. The lowest BCUT2D eigenvalue weighted by molar-refractivity contribution is -0.121. The fourth-order valence-electron chi connectivity index (χ4n) is 3.81. The molecule has 3 rings (SSSR count). The molecule has 0 aromatic heterocycles. The zero-order chi connectivity index (χ0) is 22.6. The maximum atomic E-state index is 12.7. The summed E-state index contributed by atoms with van der Waals surface area (Å²) in [7, 11) is -3.69. The van der Waals surface area contributed by atoms with E-state index in [4.69, 9.17) is 9.47 Å². The van der Waals surface area contributed by atoms with E-state index >= 15 is 0 Å². The van der Waals surface area contributed by atoms with Crippen LogP contribution < -0.4 is 19.5 Å². The normalized spacial score (nSPS) is 14.6. The molecule has 168 valence electrons. The smallest absolute Gasteiger partial charge is 0.241 e. The Balaban J connectivity index is 1.56. The summed E-state index contributed by atoms with van der Waals surface area (Å²) in [4.78, 5) is 12.6. The number of nitrogens with one attached hydrogen (secondary N) is 2. The number of sulfonamides is 1. The molecule has 0 saturated heterocycles. The number of amides is 1. The van der Waals surface area contributed by atoms with E-state index < -0.39 is 10.0 Å². The predicted molar refractivity (Wildman–Crippen MR) is 119 cm³/mol. The van der Waals surface area contributed by atoms with Crippen LogP contribution in [0.25, 0.3) is 0 Å². The van der Waals surface area contributed by atoms with Crippen molar-refractivity contribution in [3.63, 3.8) is 0 Å². The van der Waals surface area contributed by atoms with Gasteiger partial charge in [-0.05, 0) is 56.5 Å². The standard InChI is InChI=1S/C23H30N2O5S/c1-15-12-16(2)23(17(3)13-15)31(27,28)24-9-8-22(26)25-18(4)19-6-7-20-21(14-19)30-11-5-10-29-20/h6-7,12-14,18,24H,5,8-11H2,1-4H3,(H,25,26). The molecule has 31 heavy (non-hydrogen) atoms. The Morgan fingerprint density at radius 3 is 2.35 bits per heavy atom. The van der Waals surface area contributed by atoms with Gasteiger partial charge in [-0.1, -0.05) is 23.8 Å². The van der Waals surface area contributed by atoms with Gasteiger partial charge in [-0.25, -0.2) is 13.1 Å². The van der Waals surface area contributed by atoms with E-state index in [0.717, 1.165) is 17.5 Å². The minimum Gasteiger partial charge on any atom is -0.490 e. The molecule has 1 atom stereocenters. The first-order valence-corrected chi connectivity index (χ1v) is 11.9. The monoisotopic (exact) mass is 446 g/mol. The van der Waals surface area contributed by atoms with Gasteiger partial charge in [-0.15, -0.1) is 0 Å². The highest BCUT2D eigenvalue weighted by Gasteiger charge is 2.20. The summed E-state index contributed by atoms with van der Waals surface area (Å²) in [5, 5.41) is 2.90. The van der Waals surface area contributed by atoms with Crippen LogP contribution >= 0.6 is 0 Å². The highest BCUT2D eigenvalue weighted by molar-refractivity contribution is 7.89. The van der Waals surface area contributed by atoms with Crippen LogP contribution in [0.2, 0.25) is 0 Å². The quantitative estimate of drug-likeness (QED) is 0.681. The summed E-state index contributed by atoms with van der Waals surface area (Å²) in [6.07, 6.45) is 0.867. The van der Waals surface area contributed by atoms with Gasteiger partial charge in [0.1, 0.15) is 0 Å². The number of fused-ring (bicyclic) bond motifs is 1. The highest BCUT2D eigenvalue weighted by Crippen LogP contribution is 2.32. The number of ether oxygens (including phenoxy) is 2. The molecule has 7 nitrogen and oxygen atoms in total. The molecule has 0 saturated carbocycles. The largest absolute Gasteiger partial charge is 0.490 e. The first-order valence-electron chi connectivity index (χ1n) is 10.4. The third-order valence-corrected chi connectivity index (χ3v) is 6.93. The zero-order valence-corrected chi connectivity index (χ0v) is 19.3. The van der Waals surface area contributed by atoms with E-state index in [1.165, 1.54) is 0 Å². The fourth-order valence-corrected chi connectivity index (χ4v) is 5.29. The van der Waals surface area contributed by atoms with Crippen LogP contribution in [-0.4, -0.2) is 34.1 Å². The molecule has 1 aliphatic rings. The molecule has 2 N–H and O–H groups in total. The van der Waals surface area contributed by atoms with E-state index in [1.54, 1.807) is 13.8 Å². The molecule has 1 unspecified atom stereocenters. The summed E-state index contributed by atoms with van der Waals surface area (Å²) in [5.74, 6) is 1.14. The molecular weight excluding hydrogens is 416 g/mol. The SMILES string of the molecule is Cc1cc(C)c(S(=O)(=O)NCCC(=O)NC(C)c2ccc3c(c2)OCCCO3)c(C)c1. The average Bonchev–Trinajstić information content (AvgIpc) is 2.91. The van der Waals surface area contributed by atoms with Crippen molar-refractivity contribution >= 4 is 15.9 Å². The minimum absolute atomic E-state index is 0.0226. The van der Waals surface area contributed by atoms with Crippen molar-refractivity contribution in [2.24, 2.45) is 0 Å². The second-order valence-electron chi connectivity index (χ2n) is 7.92. The lowest BCUT2D eigenvalue weighted by Gasteiger charge is -2.17.